The van der Waals surface area contributed by atoms with Crippen LogP contribution in [0.25, 0.3) is 17.1 Å². The van der Waals surface area contributed by atoms with Gasteiger partial charge < -0.3 is 0 Å². The third-order valence-corrected chi connectivity index (χ3v) is 8.12. The van der Waals surface area contributed by atoms with Crippen molar-refractivity contribution in [3.8, 4) is 11.5 Å². The molecule has 208 valence electrons. The molecule has 2 aliphatic heterocycles. The Kier molecular flexibility index (Phi) is 7.80. The number of aromatic nitrogens is 4. The van der Waals surface area contributed by atoms with Gasteiger partial charge in [0.1, 0.15) is 17.7 Å². The zero-order valence-electron chi connectivity index (χ0n) is 23.8. The summed E-state index contributed by atoms with van der Waals surface area (Å²) in [6.45, 7) is 8.89. The number of aryl methyl sites for hydroxylation is 1. The van der Waals surface area contributed by atoms with E-state index in [4.69, 9.17) is 15.1 Å². The molecule has 8 nitrogen and oxygen atoms in total. The van der Waals surface area contributed by atoms with E-state index in [1.54, 1.807) is 11.8 Å². The van der Waals surface area contributed by atoms with Crippen molar-refractivity contribution in [3.63, 3.8) is 0 Å². The molecule has 0 radical (unpaired) electrons. The van der Waals surface area contributed by atoms with Gasteiger partial charge in [0, 0.05) is 48.6 Å². The SMILES string of the molecule is CS/C(C)=N/N1C=C(c2ccccc2)C(c2ccc(CN3CC(c4nc(-c5cccc(C)n5)n[nH]4)C3)cc2)=NC1C. The summed E-state index contributed by atoms with van der Waals surface area (Å²) in [5.74, 6) is 1.96. The third kappa shape index (κ3) is 6.01. The van der Waals surface area contributed by atoms with Crippen LogP contribution in [0.3, 0.4) is 0 Å². The van der Waals surface area contributed by atoms with Gasteiger partial charge in [-0.1, -0.05) is 60.7 Å². The highest BCUT2D eigenvalue weighted by Crippen LogP contribution is 2.30. The number of aromatic amines is 1. The molecule has 0 bridgehead atoms. The largest absolute Gasteiger partial charge is 0.298 e. The second-order valence-electron chi connectivity index (χ2n) is 10.5. The standard InChI is InChI=1S/C32H34N8S/c1-21-9-8-12-29(33-21)32-35-31(36-37-32)27-18-39(19-27)17-24-13-15-26(16-14-24)30-28(25-10-6-5-7-11-25)20-40(22(2)34-30)38-23(3)41-4/h5-16,20,22,27H,17-19H2,1-4H3,(H,35,36,37)/b38-23+. The number of pyridine rings is 1. The second kappa shape index (κ2) is 11.8. The minimum absolute atomic E-state index is 0.0874. The Morgan fingerprint density at radius 3 is 2.49 bits per heavy atom. The number of nitrogens with one attached hydrogen (secondary N) is 1. The Bertz CT molecular complexity index is 1600. The van der Waals surface area contributed by atoms with Crippen molar-refractivity contribution in [1.82, 2.24) is 30.1 Å². The number of hydrogen-bond donors (Lipinski definition) is 1. The molecular weight excluding hydrogens is 528 g/mol. The van der Waals surface area contributed by atoms with E-state index in [2.05, 4.69) is 81.7 Å². The van der Waals surface area contributed by atoms with Crippen LogP contribution >= 0.6 is 11.8 Å². The van der Waals surface area contributed by atoms with Gasteiger partial charge in [0.2, 0.25) is 0 Å². The molecule has 2 aromatic heterocycles. The Labute approximate surface area is 245 Å². The summed E-state index contributed by atoms with van der Waals surface area (Å²) >= 11 is 1.64. The van der Waals surface area contributed by atoms with Crippen LogP contribution in [-0.4, -0.2) is 66.3 Å². The van der Waals surface area contributed by atoms with Crippen LogP contribution in [-0.2, 0) is 6.54 Å². The molecule has 1 N–H and O–H groups in total. The van der Waals surface area contributed by atoms with Crippen LogP contribution in [0.5, 0.6) is 0 Å². The summed E-state index contributed by atoms with van der Waals surface area (Å²) < 4.78 is 0. The summed E-state index contributed by atoms with van der Waals surface area (Å²) in [7, 11) is 0. The maximum Gasteiger partial charge on any atom is 0.199 e. The fourth-order valence-electron chi connectivity index (χ4n) is 5.13. The van der Waals surface area contributed by atoms with E-state index in [1.807, 2.05) is 49.4 Å². The highest BCUT2D eigenvalue weighted by atomic mass is 32.2. The van der Waals surface area contributed by atoms with E-state index >= 15 is 0 Å². The first-order valence-corrected chi connectivity index (χ1v) is 15.1. The Morgan fingerprint density at radius 1 is 0.976 bits per heavy atom. The maximum atomic E-state index is 5.10. The number of aliphatic imine (C=N–C) groups is 1. The lowest BCUT2D eigenvalue weighted by Crippen LogP contribution is -2.44. The molecule has 0 saturated carbocycles. The highest BCUT2D eigenvalue weighted by Gasteiger charge is 2.31. The van der Waals surface area contributed by atoms with Gasteiger partial charge in [-0.25, -0.2) is 15.0 Å². The Balaban J connectivity index is 1.13. The molecule has 41 heavy (non-hydrogen) atoms. The van der Waals surface area contributed by atoms with E-state index < -0.39 is 0 Å². The van der Waals surface area contributed by atoms with E-state index in [-0.39, 0.29) is 6.17 Å². The number of rotatable bonds is 7. The summed E-state index contributed by atoms with van der Waals surface area (Å²) in [5.41, 5.74) is 7.37. The molecule has 9 heteroatoms. The van der Waals surface area contributed by atoms with Crippen molar-refractivity contribution in [1.29, 1.82) is 0 Å². The first-order valence-electron chi connectivity index (χ1n) is 13.9. The number of allylic oxidation sites excluding steroid dienone is 1. The lowest BCUT2D eigenvalue weighted by Gasteiger charge is -2.38. The average Bonchev–Trinajstić information content (AvgIpc) is 3.46. The van der Waals surface area contributed by atoms with Crippen LogP contribution in [0.4, 0.5) is 0 Å². The number of hydrogen-bond acceptors (Lipinski definition) is 8. The van der Waals surface area contributed by atoms with Gasteiger partial charge in [-0.2, -0.15) is 10.2 Å². The Hall–Kier alpha value is -4.08. The molecule has 0 amide bonds. The van der Waals surface area contributed by atoms with Crippen LogP contribution < -0.4 is 0 Å². The van der Waals surface area contributed by atoms with Crippen LogP contribution in [0.2, 0.25) is 0 Å². The topological polar surface area (TPSA) is 85.7 Å². The van der Waals surface area contributed by atoms with Crippen molar-refractivity contribution >= 4 is 28.1 Å². The molecule has 1 unspecified atom stereocenters. The maximum absolute atomic E-state index is 5.10. The smallest absolute Gasteiger partial charge is 0.199 e. The number of benzene rings is 2. The van der Waals surface area contributed by atoms with E-state index in [0.717, 1.165) is 64.3 Å². The van der Waals surface area contributed by atoms with Gasteiger partial charge in [-0.05, 0) is 50.3 Å². The van der Waals surface area contributed by atoms with Gasteiger partial charge in [0.05, 0.1) is 10.8 Å². The lowest BCUT2D eigenvalue weighted by atomic mass is 9.94. The first-order chi connectivity index (χ1) is 20.0. The van der Waals surface area contributed by atoms with Crippen molar-refractivity contribution in [2.75, 3.05) is 19.3 Å². The highest BCUT2D eigenvalue weighted by molar-refractivity contribution is 8.13. The molecular formula is C32H34N8S. The normalized spacial score (nSPS) is 18.2. The van der Waals surface area contributed by atoms with E-state index in [1.165, 1.54) is 5.56 Å². The molecule has 2 aromatic carbocycles. The van der Waals surface area contributed by atoms with E-state index in [0.29, 0.717) is 11.7 Å². The zero-order chi connectivity index (χ0) is 28.3. The number of nitrogens with zero attached hydrogens (tertiary/aromatic N) is 7. The number of likely N-dealkylation sites (tertiary alicyclic amines) is 1. The molecule has 4 aromatic rings. The van der Waals surface area contributed by atoms with Crippen LogP contribution in [0.15, 0.2) is 89.1 Å². The summed E-state index contributed by atoms with van der Waals surface area (Å²) in [6, 6.07) is 25.2. The minimum atomic E-state index is -0.0874. The molecule has 1 atom stereocenters. The second-order valence-corrected chi connectivity index (χ2v) is 11.5. The summed E-state index contributed by atoms with van der Waals surface area (Å²) in [6.07, 6.45) is 4.08. The predicted octanol–water partition coefficient (Wildman–Crippen LogP) is 5.96. The Morgan fingerprint density at radius 2 is 1.76 bits per heavy atom. The predicted molar refractivity (Wildman–Crippen MR) is 168 cm³/mol. The number of H-pyrrole nitrogens is 1. The van der Waals surface area contributed by atoms with Crippen LogP contribution in [0, 0.1) is 6.92 Å². The molecule has 4 heterocycles. The number of thioether (sulfide) groups is 1. The van der Waals surface area contributed by atoms with Gasteiger partial charge in [0.25, 0.3) is 0 Å². The lowest BCUT2D eigenvalue weighted by molar-refractivity contribution is 0.135. The fraction of sp³-hybridized carbons (Fsp3) is 0.281. The quantitative estimate of drug-likeness (QED) is 0.221. The monoisotopic (exact) mass is 562 g/mol. The van der Waals surface area contributed by atoms with Crippen LogP contribution in [0.1, 0.15) is 48.0 Å². The molecule has 2 aliphatic rings. The van der Waals surface area contributed by atoms with Crippen molar-refractivity contribution in [2.24, 2.45) is 10.1 Å². The first kappa shape index (κ1) is 27.1. The molecule has 0 spiro atoms. The third-order valence-electron chi connectivity index (χ3n) is 7.45. The number of hydrazone groups is 1. The van der Waals surface area contributed by atoms with Crippen molar-refractivity contribution < 1.29 is 0 Å². The van der Waals surface area contributed by atoms with Crippen molar-refractivity contribution in [2.45, 2.75) is 39.4 Å². The zero-order valence-corrected chi connectivity index (χ0v) is 24.6. The van der Waals surface area contributed by atoms with Gasteiger partial charge >= 0.3 is 0 Å². The van der Waals surface area contributed by atoms with Gasteiger partial charge in [-0.15, -0.1) is 11.8 Å². The average molecular weight is 563 g/mol. The molecule has 0 aliphatic carbocycles. The van der Waals surface area contributed by atoms with Crippen molar-refractivity contribution in [3.05, 3.63) is 107 Å². The van der Waals surface area contributed by atoms with E-state index in [9.17, 15) is 0 Å². The minimum Gasteiger partial charge on any atom is -0.298 e. The fourth-order valence-corrected chi connectivity index (χ4v) is 5.30. The molecule has 1 fully saturated rings. The van der Waals surface area contributed by atoms with Gasteiger partial charge in [-0.3, -0.25) is 15.0 Å². The molecule has 1 saturated heterocycles. The summed E-state index contributed by atoms with van der Waals surface area (Å²) in [5, 5.41) is 15.3. The van der Waals surface area contributed by atoms with Gasteiger partial charge in [0.15, 0.2) is 5.82 Å². The molecule has 6 rings (SSSR count). The summed E-state index contributed by atoms with van der Waals surface area (Å²) in [4.78, 5) is 16.8.